The van der Waals surface area contributed by atoms with Crippen LogP contribution in [0.1, 0.15) is 39.3 Å². The molecule has 1 N–H and O–H groups in total. The highest BCUT2D eigenvalue weighted by molar-refractivity contribution is 4.91. The van der Waals surface area contributed by atoms with Crippen LogP contribution in [0.15, 0.2) is 6.20 Å². The van der Waals surface area contributed by atoms with E-state index in [0.717, 1.165) is 31.9 Å². The molecule has 0 bridgehead atoms. The summed E-state index contributed by atoms with van der Waals surface area (Å²) in [5, 5.41) is 11.6. The Balaban J connectivity index is 2.36. The summed E-state index contributed by atoms with van der Waals surface area (Å²) in [6.45, 7) is 10.3. The molecule has 0 saturated heterocycles. The highest BCUT2D eigenvalue weighted by atomic mass is 15.4. The van der Waals surface area contributed by atoms with E-state index in [4.69, 9.17) is 0 Å². The van der Waals surface area contributed by atoms with Crippen molar-refractivity contribution in [1.29, 1.82) is 0 Å². The maximum atomic E-state index is 4.15. The van der Waals surface area contributed by atoms with Gasteiger partial charge in [0.2, 0.25) is 0 Å². The standard InChI is InChI=1S/C13H27N5/c1-5-13(6-2)17(4)8-9-18-11-12(15-16-18)10-14-7-3/h11,13-14H,5-10H2,1-4H3. The average molecular weight is 253 g/mol. The van der Waals surface area contributed by atoms with Crippen LogP contribution in [-0.4, -0.2) is 46.1 Å². The van der Waals surface area contributed by atoms with Gasteiger partial charge in [-0.15, -0.1) is 5.10 Å². The SMILES string of the molecule is CCNCc1cn(CCN(C)C(CC)CC)nn1. The molecule has 0 aliphatic heterocycles. The van der Waals surface area contributed by atoms with Crippen LogP contribution in [0.3, 0.4) is 0 Å². The molecule has 0 unspecified atom stereocenters. The van der Waals surface area contributed by atoms with Crippen LogP contribution in [0.2, 0.25) is 0 Å². The first kappa shape index (κ1) is 15.1. The van der Waals surface area contributed by atoms with Crippen molar-refractivity contribution in [2.45, 2.75) is 52.7 Å². The number of hydrogen-bond acceptors (Lipinski definition) is 4. The maximum Gasteiger partial charge on any atom is 0.0964 e. The molecule has 1 rings (SSSR count). The molecule has 0 atom stereocenters. The van der Waals surface area contributed by atoms with Crippen LogP contribution >= 0.6 is 0 Å². The van der Waals surface area contributed by atoms with E-state index in [-0.39, 0.29) is 0 Å². The fourth-order valence-corrected chi connectivity index (χ4v) is 2.14. The van der Waals surface area contributed by atoms with E-state index in [2.05, 4.69) is 48.3 Å². The maximum absolute atomic E-state index is 4.15. The zero-order valence-electron chi connectivity index (χ0n) is 12.2. The summed E-state index contributed by atoms with van der Waals surface area (Å²) >= 11 is 0. The lowest BCUT2D eigenvalue weighted by molar-refractivity contribution is 0.218. The highest BCUT2D eigenvalue weighted by Gasteiger charge is 2.10. The van der Waals surface area contributed by atoms with Gasteiger partial charge < -0.3 is 10.2 Å². The fourth-order valence-electron chi connectivity index (χ4n) is 2.14. The third-order valence-corrected chi connectivity index (χ3v) is 3.39. The molecule has 5 nitrogen and oxygen atoms in total. The second-order valence-corrected chi connectivity index (χ2v) is 4.70. The molecule has 1 aromatic rings. The van der Waals surface area contributed by atoms with Gasteiger partial charge >= 0.3 is 0 Å². The summed E-state index contributed by atoms with van der Waals surface area (Å²) < 4.78 is 1.94. The second kappa shape index (κ2) is 8.21. The van der Waals surface area contributed by atoms with Crippen LogP contribution in [0.25, 0.3) is 0 Å². The molecule has 0 aromatic carbocycles. The van der Waals surface area contributed by atoms with Crippen molar-refractivity contribution >= 4 is 0 Å². The van der Waals surface area contributed by atoms with Crippen molar-refractivity contribution in [2.24, 2.45) is 0 Å². The molecule has 5 heteroatoms. The van der Waals surface area contributed by atoms with Gasteiger partial charge in [-0.05, 0) is 26.4 Å². The van der Waals surface area contributed by atoms with Crippen molar-refractivity contribution in [3.63, 3.8) is 0 Å². The Kier molecular flexibility index (Phi) is 6.90. The van der Waals surface area contributed by atoms with Crippen molar-refractivity contribution in [3.05, 3.63) is 11.9 Å². The number of nitrogens with one attached hydrogen (secondary N) is 1. The van der Waals surface area contributed by atoms with E-state index in [1.807, 2.05) is 10.9 Å². The van der Waals surface area contributed by atoms with Gasteiger partial charge in [0.05, 0.1) is 12.2 Å². The predicted octanol–water partition coefficient (Wildman–Crippen LogP) is 1.51. The summed E-state index contributed by atoms with van der Waals surface area (Å²) in [6, 6.07) is 0.676. The van der Waals surface area contributed by atoms with E-state index >= 15 is 0 Å². The molecule has 0 radical (unpaired) electrons. The van der Waals surface area contributed by atoms with Gasteiger partial charge in [-0.2, -0.15) is 0 Å². The Labute approximate surface area is 111 Å². The zero-order valence-corrected chi connectivity index (χ0v) is 12.2. The Bertz CT molecular complexity index is 319. The smallest absolute Gasteiger partial charge is 0.0964 e. The van der Waals surface area contributed by atoms with Crippen molar-refractivity contribution in [2.75, 3.05) is 20.1 Å². The number of aromatic nitrogens is 3. The summed E-state index contributed by atoms with van der Waals surface area (Å²) in [7, 11) is 2.19. The van der Waals surface area contributed by atoms with Crippen molar-refractivity contribution in [1.82, 2.24) is 25.2 Å². The Morgan fingerprint density at radius 1 is 1.33 bits per heavy atom. The minimum Gasteiger partial charge on any atom is -0.311 e. The summed E-state index contributed by atoms with van der Waals surface area (Å²) in [5.74, 6) is 0. The number of hydrogen-bond donors (Lipinski definition) is 1. The molecule has 0 aliphatic carbocycles. The largest absolute Gasteiger partial charge is 0.311 e. The van der Waals surface area contributed by atoms with Crippen LogP contribution in [0.4, 0.5) is 0 Å². The molecule has 0 saturated carbocycles. The lowest BCUT2D eigenvalue weighted by Crippen LogP contribution is -2.33. The number of nitrogens with zero attached hydrogens (tertiary/aromatic N) is 4. The lowest BCUT2D eigenvalue weighted by atomic mass is 10.1. The van der Waals surface area contributed by atoms with Gasteiger partial charge in [0.1, 0.15) is 0 Å². The van der Waals surface area contributed by atoms with Crippen molar-refractivity contribution < 1.29 is 0 Å². The van der Waals surface area contributed by atoms with Crippen molar-refractivity contribution in [3.8, 4) is 0 Å². The minimum absolute atomic E-state index is 0.676. The van der Waals surface area contributed by atoms with E-state index in [1.165, 1.54) is 12.8 Å². The molecular weight excluding hydrogens is 226 g/mol. The quantitative estimate of drug-likeness (QED) is 0.724. The van der Waals surface area contributed by atoms with Gasteiger partial charge in [0.25, 0.3) is 0 Å². The fraction of sp³-hybridized carbons (Fsp3) is 0.846. The van der Waals surface area contributed by atoms with E-state index < -0.39 is 0 Å². The third-order valence-electron chi connectivity index (χ3n) is 3.39. The van der Waals surface area contributed by atoms with Gasteiger partial charge in [-0.3, -0.25) is 4.68 Å². The summed E-state index contributed by atoms with van der Waals surface area (Å²) in [6.07, 6.45) is 4.44. The molecule has 0 amide bonds. The van der Waals surface area contributed by atoms with Crippen LogP contribution < -0.4 is 5.32 Å². The minimum atomic E-state index is 0.676. The number of rotatable bonds is 9. The first-order valence-electron chi connectivity index (χ1n) is 7.01. The highest BCUT2D eigenvalue weighted by Crippen LogP contribution is 2.05. The first-order valence-corrected chi connectivity index (χ1v) is 7.01. The van der Waals surface area contributed by atoms with E-state index in [1.54, 1.807) is 0 Å². The van der Waals surface area contributed by atoms with Crippen LogP contribution in [0, 0.1) is 0 Å². The third kappa shape index (κ3) is 4.74. The topological polar surface area (TPSA) is 46.0 Å². The Morgan fingerprint density at radius 2 is 2.06 bits per heavy atom. The monoisotopic (exact) mass is 253 g/mol. The molecule has 0 aliphatic rings. The second-order valence-electron chi connectivity index (χ2n) is 4.70. The van der Waals surface area contributed by atoms with Crippen LogP contribution in [0.5, 0.6) is 0 Å². The molecule has 18 heavy (non-hydrogen) atoms. The normalized spacial score (nSPS) is 11.7. The molecule has 1 heterocycles. The molecule has 0 fully saturated rings. The molecular formula is C13H27N5. The number of likely N-dealkylation sites (N-methyl/N-ethyl adjacent to an activating group) is 1. The van der Waals surface area contributed by atoms with Gasteiger partial charge in [-0.25, -0.2) is 0 Å². The Hall–Kier alpha value is -0.940. The van der Waals surface area contributed by atoms with Gasteiger partial charge in [0, 0.05) is 25.3 Å². The van der Waals surface area contributed by atoms with Crippen LogP contribution in [-0.2, 0) is 13.1 Å². The molecule has 1 aromatic heterocycles. The summed E-state index contributed by atoms with van der Waals surface area (Å²) in [4.78, 5) is 2.41. The molecule has 104 valence electrons. The van der Waals surface area contributed by atoms with Gasteiger partial charge in [0.15, 0.2) is 0 Å². The first-order chi connectivity index (χ1) is 8.71. The molecule has 0 spiro atoms. The summed E-state index contributed by atoms with van der Waals surface area (Å²) in [5.41, 5.74) is 1.02. The van der Waals surface area contributed by atoms with Gasteiger partial charge in [-0.1, -0.05) is 26.0 Å². The van der Waals surface area contributed by atoms with E-state index in [9.17, 15) is 0 Å². The van der Waals surface area contributed by atoms with E-state index in [0.29, 0.717) is 6.04 Å². The Morgan fingerprint density at radius 3 is 2.67 bits per heavy atom. The lowest BCUT2D eigenvalue weighted by Gasteiger charge is -2.25. The zero-order chi connectivity index (χ0) is 13.4. The average Bonchev–Trinajstić information content (AvgIpc) is 2.83. The predicted molar refractivity (Wildman–Crippen MR) is 74.4 cm³/mol.